The largest absolute Gasteiger partial charge is 1.00 e. The zero-order chi connectivity index (χ0) is 5.41. The summed E-state index contributed by atoms with van der Waals surface area (Å²) in [5.41, 5.74) is 0. The van der Waals surface area contributed by atoms with Gasteiger partial charge in [-0.2, -0.15) is 5.26 Å². The van der Waals surface area contributed by atoms with E-state index in [0.29, 0.717) is 0 Å². The Labute approximate surface area is 87.8 Å². The van der Waals surface area contributed by atoms with Crippen molar-refractivity contribution >= 4 is 37.7 Å². The van der Waals surface area contributed by atoms with Gasteiger partial charge in [0.2, 0.25) is 0 Å². The number of nitriles is 2. The van der Waals surface area contributed by atoms with Crippen LogP contribution in [0.1, 0.15) is 0 Å². The fraction of sp³-hybridized carbons (Fsp3) is 0. The molecule has 0 aromatic carbocycles. The van der Waals surface area contributed by atoms with Crippen molar-refractivity contribution in [2.24, 2.45) is 0 Å². The van der Waals surface area contributed by atoms with Gasteiger partial charge in [-0.25, -0.2) is 5.26 Å². The molecule has 0 aliphatic carbocycles. The molecule has 0 amide bonds. The van der Waals surface area contributed by atoms with Crippen molar-refractivity contribution < 1.29 is 29.6 Å². The van der Waals surface area contributed by atoms with E-state index in [4.69, 9.17) is 10.5 Å². The van der Waals surface area contributed by atoms with Crippen molar-refractivity contribution in [2.75, 3.05) is 0 Å². The van der Waals surface area contributed by atoms with Crippen LogP contribution in [0.5, 0.6) is 0 Å². The van der Waals surface area contributed by atoms with Gasteiger partial charge in [-0.1, -0.05) is 18.0 Å². The minimum absolute atomic E-state index is 0. The van der Waals surface area contributed by atoms with Crippen LogP contribution < -0.4 is 29.6 Å². The van der Waals surface area contributed by atoms with Crippen LogP contribution in [0.25, 0.3) is 0 Å². The zero-order valence-corrected chi connectivity index (χ0v) is 8.69. The van der Waals surface area contributed by atoms with E-state index in [0.717, 1.165) is 0 Å². The predicted molar refractivity (Wildman–Crippen MR) is 34.8 cm³/mol. The van der Waals surface area contributed by atoms with Gasteiger partial charge in [-0.15, -0.1) is 12.4 Å². The molecule has 0 atom stereocenters. The number of thiocyanates is 2. The fourth-order valence-electron chi connectivity index (χ4n) is 0. The van der Waals surface area contributed by atoms with Crippen molar-refractivity contribution in [3.8, 4) is 10.8 Å². The Bertz CT molecular complexity index is 73.0. The first-order valence-corrected chi connectivity index (χ1v) is 1.73. The summed E-state index contributed by atoms with van der Waals surface area (Å²) < 4.78 is 0. The summed E-state index contributed by atoms with van der Waals surface area (Å²) in [5.74, 6) is 0. The number of nitrogens with zero attached hydrogens (tertiary/aromatic N) is 2. The van der Waals surface area contributed by atoms with Gasteiger partial charge >= 0.3 is 29.6 Å². The molecule has 0 spiro atoms. The molecule has 0 aromatic rings. The third kappa shape index (κ3) is 331. The second kappa shape index (κ2) is 45.5. The van der Waals surface area contributed by atoms with Crippen molar-refractivity contribution in [3.05, 3.63) is 0 Å². The molecule has 0 saturated carbocycles. The smallest absolute Gasteiger partial charge is 0.696 e. The van der Waals surface area contributed by atoms with Gasteiger partial charge < -0.3 is 12.6 Å². The number of hydrogen-bond acceptors (Lipinski definition) is 4. The van der Waals surface area contributed by atoms with Gasteiger partial charge in [0.15, 0.2) is 0 Å². The summed E-state index contributed by atoms with van der Waals surface area (Å²) in [6, 6.07) is 0. The topological polar surface area (TPSA) is 47.6 Å². The molecule has 2 nitrogen and oxygen atoms in total. The van der Waals surface area contributed by atoms with E-state index in [9.17, 15) is 0 Å². The average molecular weight is 177 g/mol. The number of rotatable bonds is 0. The number of halogens is 1. The van der Waals surface area contributed by atoms with Gasteiger partial charge in [0.25, 0.3) is 0 Å². The van der Waals surface area contributed by atoms with E-state index < -0.39 is 0 Å². The molecule has 0 N–H and O–H groups in total. The van der Waals surface area contributed by atoms with Crippen LogP contribution in [-0.2, 0) is 12.6 Å². The Morgan fingerprint density at radius 3 is 1.38 bits per heavy atom. The fourth-order valence-corrected chi connectivity index (χ4v) is 0. The molecule has 0 unspecified atom stereocenters. The molecule has 0 aromatic heterocycles. The quantitative estimate of drug-likeness (QED) is 0.198. The van der Waals surface area contributed by atoms with Crippen LogP contribution in [0, 0.1) is 21.3 Å². The summed E-state index contributed by atoms with van der Waals surface area (Å²) in [5, 5.41) is 17.1. The zero-order valence-electron chi connectivity index (χ0n) is 4.16. The molecular weight excluding hydrogens is 175 g/mol. The maximum absolute atomic E-state index is 7.18. The Kier molecular flexibility index (Phi) is 132. The van der Waals surface area contributed by atoms with E-state index in [1.54, 1.807) is 0 Å². The van der Waals surface area contributed by atoms with Crippen LogP contribution >= 0.6 is 25.0 Å². The predicted octanol–water partition coefficient (Wildman–Crippen LogP) is -2.16. The van der Waals surface area contributed by atoms with Crippen LogP contribution in [0.3, 0.4) is 0 Å². The van der Waals surface area contributed by atoms with Crippen molar-refractivity contribution in [2.45, 2.75) is 0 Å². The number of hydrogen-bond donors (Lipinski definition) is 1. The minimum atomic E-state index is 0. The first-order chi connectivity index (χ1) is 2.83. The van der Waals surface area contributed by atoms with Crippen LogP contribution in [0.2, 0.25) is 0 Å². The normalized spacial score (nSPS) is 1.88. The maximum Gasteiger partial charge on any atom is 1.00 e. The van der Waals surface area contributed by atoms with Crippen molar-refractivity contribution in [1.29, 1.82) is 10.5 Å². The Morgan fingerprint density at radius 1 is 1.38 bits per heavy atom. The molecule has 0 heterocycles. The third-order valence-electron chi connectivity index (χ3n) is 0. The molecule has 0 fully saturated rings. The first kappa shape index (κ1) is 23.2. The molecule has 0 rings (SSSR count). The van der Waals surface area contributed by atoms with E-state index in [1.807, 2.05) is 0 Å². The minimum Gasteiger partial charge on any atom is -0.696 e. The maximum atomic E-state index is 7.18. The summed E-state index contributed by atoms with van der Waals surface area (Å²) in [6.45, 7) is 0. The second-order valence-electron chi connectivity index (χ2n) is 0.191. The molecule has 0 saturated heterocycles. The van der Waals surface area contributed by atoms with E-state index in [2.05, 4.69) is 25.3 Å². The Balaban J connectivity index is -0.0000000160. The van der Waals surface area contributed by atoms with E-state index in [-0.39, 0.29) is 42.0 Å². The first-order valence-electron chi connectivity index (χ1n) is 0.875. The number of thiol groups is 1. The average Bonchev–Trinajstić information content (AvgIpc) is 1.39. The second-order valence-corrected chi connectivity index (χ2v) is 0.574. The monoisotopic (exact) mass is 176 g/mol. The van der Waals surface area contributed by atoms with Crippen LogP contribution in [0.4, 0.5) is 0 Å². The molecule has 0 radical (unpaired) electrons. The van der Waals surface area contributed by atoms with Gasteiger partial charge in [0.1, 0.15) is 5.40 Å². The summed E-state index contributed by atoms with van der Waals surface area (Å²) in [7, 11) is 0. The molecular formula is C2H2ClN2NaS2. The van der Waals surface area contributed by atoms with Gasteiger partial charge in [0, 0.05) is 0 Å². The summed E-state index contributed by atoms with van der Waals surface area (Å²) in [6.07, 6.45) is 0. The van der Waals surface area contributed by atoms with Crippen LogP contribution in [0.15, 0.2) is 0 Å². The third-order valence-corrected chi connectivity index (χ3v) is 0. The molecule has 0 aliphatic rings. The van der Waals surface area contributed by atoms with E-state index >= 15 is 0 Å². The molecule has 40 valence electrons. The van der Waals surface area contributed by atoms with Gasteiger partial charge in [-0.05, 0) is 0 Å². The van der Waals surface area contributed by atoms with Crippen molar-refractivity contribution in [1.82, 2.24) is 0 Å². The molecule has 6 heteroatoms. The Hall–Kier alpha value is 0.840. The van der Waals surface area contributed by atoms with Gasteiger partial charge in [0.05, 0.1) is 0 Å². The van der Waals surface area contributed by atoms with Crippen molar-refractivity contribution in [3.63, 3.8) is 0 Å². The Morgan fingerprint density at radius 2 is 1.38 bits per heavy atom. The summed E-state index contributed by atoms with van der Waals surface area (Å²) >= 11 is 6.79. The SMILES string of the molecule is Cl.N#CS.N#C[S-].[Na+]. The molecule has 0 bridgehead atoms. The van der Waals surface area contributed by atoms with Crippen LogP contribution in [-0.4, -0.2) is 0 Å². The molecule has 8 heavy (non-hydrogen) atoms. The standard InChI is InChI=1S/2CHNS.ClH.Na/c2*2-1-3;;/h2*3H;1H;/q;;;+1/p-1. The van der Waals surface area contributed by atoms with E-state index in [1.165, 1.54) is 10.8 Å². The molecule has 0 aliphatic heterocycles. The van der Waals surface area contributed by atoms with Gasteiger partial charge in [-0.3, -0.25) is 0 Å². The summed E-state index contributed by atoms with van der Waals surface area (Å²) in [4.78, 5) is 0.